The number of carbonyl (C=O) groups is 1. The third-order valence-corrected chi connectivity index (χ3v) is 4.79. The quantitative estimate of drug-likeness (QED) is 0.547. The molecule has 134 valence electrons. The SMILES string of the molecule is CCc1nc2cc(C(=O)O)ccc2n1Cc1ccc(-c2ccccc2)cc1. The summed E-state index contributed by atoms with van der Waals surface area (Å²) in [6.45, 7) is 2.77. The molecule has 0 unspecified atom stereocenters. The van der Waals surface area contributed by atoms with Crippen LogP contribution < -0.4 is 0 Å². The number of hydrogen-bond acceptors (Lipinski definition) is 2. The van der Waals surface area contributed by atoms with Gasteiger partial charge in [-0.25, -0.2) is 9.78 Å². The van der Waals surface area contributed by atoms with Crippen LogP contribution in [0.1, 0.15) is 28.7 Å². The number of carboxylic acids is 1. The van der Waals surface area contributed by atoms with Crippen LogP contribution in [0.15, 0.2) is 72.8 Å². The third-order valence-electron chi connectivity index (χ3n) is 4.79. The van der Waals surface area contributed by atoms with Crippen molar-refractivity contribution < 1.29 is 9.90 Å². The summed E-state index contributed by atoms with van der Waals surface area (Å²) in [6.07, 6.45) is 0.791. The van der Waals surface area contributed by atoms with Crippen LogP contribution >= 0.6 is 0 Å². The molecule has 0 saturated heterocycles. The molecule has 27 heavy (non-hydrogen) atoms. The molecule has 4 aromatic rings. The van der Waals surface area contributed by atoms with Gasteiger partial charge in [0.2, 0.25) is 0 Å². The molecule has 0 radical (unpaired) electrons. The summed E-state index contributed by atoms with van der Waals surface area (Å²) in [6, 6.07) is 24.0. The van der Waals surface area contributed by atoms with Crippen LogP contribution in [0.2, 0.25) is 0 Å². The molecule has 4 nitrogen and oxygen atoms in total. The molecule has 4 rings (SSSR count). The Morgan fingerprint density at radius 2 is 1.67 bits per heavy atom. The number of aryl methyl sites for hydroxylation is 1. The lowest BCUT2D eigenvalue weighted by molar-refractivity contribution is 0.0697. The highest BCUT2D eigenvalue weighted by Gasteiger charge is 2.12. The van der Waals surface area contributed by atoms with Gasteiger partial charge >= 0.3 is 5.97 Å². The first-order chi connectivity index (χ1) is 13.2. The number of benzene rings is 3. The van der Waals surface area contributed by atoms with Crippen molar-refractivity contribution in [2.24, 2.45) is 0 Å². The molecule has 1 heterocycles. The molecule has 0 atom stereocenters. The number of fused-ring (bicyclic) bond motifs is 1. The van der Waals surface area contributed by atoms with Gasteiger partial charge in [0.05, 0.1) is 16.6 Å². The summed E-state index contributed by atoms with van der Waals surface area (Å²) < 4.78 is 2.17. The summed E-state index contributed by atoms with van der Waals surface area (Å²) >= 11 is 0. The molecule has 0 bridgehead atoms. The summed E-state index contributed by atoms with van der Waals surface area (Å²) in [5, 5.41) is 9.20. The second kappa shape index (κ2) is 7.08. The standard InChI is InChI=1S/C23H20N2O2/c1-2-22-24-20-14-19(23(26)27)12-13-21(20)25(22)15-16-8-10-18(11-9-16)17-6-4-3-5-7-17/h3-14H,2,15H2,1H3,(H,26,27). The molecule has 1 N–H and O–H groups in total. The van der Waals surface area contributed by atoms with Gasteiger partial charge in [-0.3, -0.25) is 0 Å². The van der Waals surface area contributed by atoms with Gasteiger partial charge in [0.1, 0.15) is 5.82 Å². The van der Waals surface area contributed by atoms with Gasteiger partial charge in [-0.2, -0.15) is 0 Å². The number of carboxylic acid groups (broad SMARTS) is 1. The topological polar surface area (TPSA) is 55.1 Å². The molecular weight excluding hydrogens is 336 g/mol. The van der Waals surface area contributed by atoms with E-state index in [1.165, 1.54) is 16.7 Å². The van der Waals surface area contributed by atoms with Gasteiger partial charge in [-0.15, -0.1) is 0 Å². The second-order valence-corrected chi connectivity index (χ2v) is 6.54. The van der Waals surface area contributed by atoms with E-state index in [2.05, 4.69) is 52.9 Å². The molecule has 0 aliphatic rings. The summed E-state index contributed by atoms with van der Waals surface area (Å²) in [5.41, 5.74) is 5.54. The Hall–Kier alpha value is -3.40. The first kappa shape index (κ1) is 17.0. The number of nitrogens with zero attached hydrogens (tertiary/aromatic N) is 2. The Bertz CT molecular complexity index is 1100. The zero-order chi connectivity index (χ0) is 18.8. The second-order valence-electron chi connectivity index (χ2n) is 6.54. The molecule has 4 heteroatoms. The van der Waals surface area contributed by atoms with Crippen molar-refractivity contribution in [1.29, 1.82) is 0 Å². The lowest BCUT2D eigenvalue weighted by Gasteiger charge is -2.10. The van der Waals surface area contributed by atoms with Crippen LogP contribution in [0.3, 0.4) is 0 Å². The Kier molecular flexibility index (Phi) is 4.47. The highest BCUT2D eigenvalue weighted by Crippen LogP contribution is 2.23. The fraction of sp³-hybridized carbons (Fsp3) is 0.130. The summed E-state index contributed by atoms with van der Waals surface area (Å²) in [4.78, 5) is 15.8. The maximum Gasteiger partial charge on any atom is 0.335 e. The van der Waals surface area contributed by atoms with Crippen LogP contribution in [0.25, 0.3) is 22.2 Å². The molecule has 0 fully saturated rings. The average Bonchev–Trinajstić information content (AvgIpc) is 3.06. The van der Waals surface area contributed by atoms with Gasteiger partial charge < -0.3 is 9.67 Å². The van der Waals surface area contributed by atoms with Crippen LogP contribution in [0.4, 0.5) is 0 Å². The lowest BCUT2D eigenvalue weighted by atomic mass is 10.0. The van der Waals surface area contributed by atoms with E-state index in [9.17, 15) is 9.90 Å². The van der Waals surface area contributed by atoms with E-state index in [0.29, 0.717) is 6.54 Å². The maximum atomic E-state index is 11.2. The van der Waals surface area contributed by atoms with Crippen molar-refractivity contribution in [3.8, 4) is 11.1 Å². The van der Waals surface area contributed by atoms with Crippen molar-refractivity contribution in [2.45, 2.75) is 19.9 Å². The molecule has 1 aromatic heterocycles. The van der Waals surface area contributed by atoms with E-state index in [4.69, 9.17) is 0 Å². The van der Waals surface area contributed by atoms with Crippen molar-refractivity contribution in [1.82, 2.24) is 9.55 Å². The van der Waals surface area contributed by atoms with Gasteiger partial charge in [0.25, 0.3) is 0 Å². The van der Waals surface area contributed by atoms with E-state index in [1.54, 1.807) is 12.1 Å². The van der Waals surface area contributed by atoms with E-state index >= 15 is 0 Å². The van der Waals surface area contributed by atoms with Crippen LogP contribution in [-0.4, -0.2) is 20.6 Å². The Labute approximate surface area is 157 Å². The van der Waals surface area contributed by atoms with Crippen LogP contribution in [-0.2, 0) is 13.0 Å². The van der Waals surface area contributed by atoms with Gasteiger partial charge in [0, 0.05) is 13.0 Å². The smallest absolute Gasteiger partial charge is 0.335 e. The fourth-order valence-electron chi connectivity index (χ4n) is 3.37. The predicted molar refractivity (Wildman–Crippen MR) is 107 cm³/mol. The van der Waals surface area contributed by atoms with Crippen LogP contribution in [0.5, 0.6) is 0 Å². The summed E-state index contributed by atoms with van der Waals surface area (Å²) in [5.74, 6) is 0.0284. The minimum atomic E-state index is -0.930. The minimum absolute atomic E-state index is 0.266. The number of rotatable bonds is 5. The maximum absolute atomic E-state index is 11.2. The van der Waals surface area contributed by atoms with Crippen LogP contribution in [0, 0.1) is 0 Å². The third kappa shape index (κ3) is 3.34. The van der Waals surface area contributed by atoms with E-state index in [0.717, 1.165) is 23.3 Å². The highest BCUT2D eigenvalue weighted by molar-refractivity contribution is 5.92. The molecule has 0 amide bonds. The van der Waals surface area contributed by atoms with Crippen molar-refractivity contribution in [2.75, 3.05) is 0 Å². The van der Waals surface area contributed by atoms with E-state index in [1.807, 2.05) is 24.3 Å². The Balaban J connectivity index is 1.67. The average molecular weight is 356 g/mol. The molecule has 3 aromatic carbocycles. The lowest BCUT2D eigenvalue weighted by Crippen LogP contribution is -2.04. The highest BCUT2D eigenvalue weighted by atomic mass is 16.4. The van der Waals surface area contributed by atoms with Gasteiger partial charge in [0.15, 0.2) is 0 Å². The van der Waals surface area contributed by atoms with Gasteiger partial charge in [-0.05, 0) is 34.9 Å². The largest absolute Gasteiger partial charge is 0.478 e. The predicted octanol–water partition coefficient (Wildman–Crippen LogP) is 5.01. The number of imidazole rings is 1. The van der Waals surface area contributed by atoms with Gasteiger partial charge in [-0.1, -0.05) is 61.5 Å². The number of aromatic nitrogens is 2. The first-order valence-corrected chi connectivity index (χ1v) is 9.02. The number of hydrogen-bond donors (Lipinski definition) is 1. The molecular formula is C23H20N2O2. The fourth-order valence-corrected chi connectivity index (χ4v) is 3.37. The minimum Gasteiger partial charge on any atom is -0.478 e. The molecule has 0 saturated carbocycles. The van der Waals surface area contributed by atoms with Crippen molar-refractivity contribution in [3.63, 3.8) is 0 Å². The molecule has 0 aliphatic heterocycles. The van der Waals surface area contributed by atoms with E-state index in [-0.39, 0.29) is 5.56 Å². The van der Waals surface area contributed by atoms with Crippen molar-refractivity contribution in [3.05, 3.63) is 89.7 Å². The normalized spacial score (nSPS) is 11.0. The molecule has 0 aliphatic carbocycles. The zero-order valence-electron chi connectivity index (χ0n) is 15.1. The Morgan fingerprint density at radius 3 is 2.33 bits per heavy atom. The summed E-state index contributed by atoms with van der Waals surface area (Å²) in [7, 11) is 0. The molecule has 0 spiro atoms. The zero-order valence-corrected chi connectivity index (χ0v) is 15.1. The van der Waals surface area contributed by atoms with Crippen molar-refractivity contribution >= 4 is 17.0 Å². The monoisotopic (exact) mass is 356 g/mol. The first-order valence-electron chi connectivity index (χ1n) is 9.02. The Morgan fingerprint density at radius 1 is 0.963 bits per heavy atom. The van der Waals surface area contributed by atoms with E-state index < -0.39 is 5.97 Å². The number of aromatic carboxylic acids is 1.